The van der Waals surface area contributed by atoms with Gasteiger partial charge in [-0.15, -0.1) is 5.10 Å². The molecule has 0 aromatic heterocycles. The number of hydrazine groups is 1. The van der Waals surface area contributed by atoms with Gasteiger partial charge in [0.05, 0.1) is 11.4 Å². The molecule has 1 aliphatic rings. The van der Waals surface area contributed by atoms with Crippen molar-refractivity contribution in [3.63, 3.8) is 0 Å². The molecule has 0 saturated carbocycles. The van der Waals surface area contributed by atoms with Crippen LogP contribution in [0.25, 0.3) is 0 Å². The normalized spacial score (nSPS) is 15.4. The van der Waals surface area contributed by atoms with Gasteiger partial charge < -0.3 is 4.74 Å². The van der Waals surface area contributed by atoms with Crippen molar-refractivity contribution >= 4 is 17.3 Å². The quantitative estimate of drug-likeness (QED) is 0.409. The molecular formula is C26H21N3O. The molecule has 0 aliphatic carbocycles. The Kier molecular flexibility index (Phi) is 4.88. The number of hydrazone groups is 1. The molecule has 0 N–H and O–H groups in total. The van der Waals surface area contributed by atoms with Crippen LogP contribution in [0.15, 0.2) is 126 Å². The van der Waals surface area contributed by atoms with Gasteiger partial charge in [-0.3, -0.25) is 0 Å². The Bertz CT molecular complexity index is 1080. The second-order valence-electron chi connectivity index (χ2n) is 6.96. The molecular weight excluding hydrogens is 370 g/mol. The summed E-state index contributed by atoms with van der Waals surface area (Å²) in [5.41, 5.74) is 3.99. The van der Waals surface area contributed by atoms with Gasteiger partial charge in [-0.1, -0.05) is 84.9 Å². The fourth-order valence-electron chi connectivity index (χ4n) is 3.52. The summed E-state index contributed by atoms with van der Waals surface area (Å²) in [4.78, 5) is 0. The van der Waals surface area contributed by atoms with Crippen LogP contribution in [0.2, 0.25) is 0 Å². The van der Waals surface area contributed by atoms with E-state index in [0.29, 0.717) is 5.90 Å². The second kappa shape index (κ2) is 8.13. The van der Waals surface area contributed by atoms with Gasteiger partial charge in [0.15, 0.2) is 0 Å². The molecule has 4 heteroatoms. The van der Waals surface area contributed by atoms with Crippen LogP contribution in [0.5, 0.6) is 0 Å². The Hall–Kier alpha value is -4.05. The maximum absolute atomic E-state index is 6.40. The Labute approximate surface area is 176 Å². The third kappa shape index (κ3) is 3.51. The topological polar surface area (TPSA) is 28.1 Å². The van der Waals surface area contributed by atoms with Crippen LogP contribution in [0.1, 0.15) is 17.4 Å². The Morgan fingerprint density at radius 3 is 1.60 bits per heavy atom. The van der Waals surface area contributed by atoms with Gasteiger partial charge >= 0.3 is 0 Å². The van der Waals surface area contributed by atoms with Crippen molar-refractivity contribution in [1.29, 1.82) is 0 Å². The smallest absolute Gasteiger partial charge is 0.242 e. The van der Waals surface area contributed by atoms with Gasteiger partial charge in [-0.25, -0.2) is 5.01 Å². The highest BCUT2D eigenvalue weighted by molar-refractivity contribution is 5.95. The lowest BCUT2D eigenvalue weighted by Gasteiger charge is -2.34. The van der Waals surface area contributed by atoms with Crippen molar-refractivity contribution in [3.8, 4) is 0 Å². The van der Waals surface area contributed by atoms with Crippen molar-refractivity contribution < 1.29 is 4.74 Å². The fraction of sp³-hybridized carbons (Fsp3) is 0.0385. The highest BCUT2D eigenvalue weighted by Crippen LogP contribution is 2.37. The number of para-hydroxylation sites is 2. The summed E-state index contributed by atoms with van der Waals surface area (Å²) >= 11 is 0. The van der Waals surface area contributed by atoms with E-state index < -0.39 is 0 Å². The van der Waals surface area contributed by atoms with E-state index in [-0.39, 0.29) is 6.23 Å². The minimum atomic E-state index is -0.387. The van der Waals surface area contributed by atoms with Crippen molar-refractivity contribution in [2.45, 2.75) is 6.23 Å². The summed E-state index contributed by atoms with van der Waals surface area (Å²) in [5, 5.41) is 8.93. The lowest BCUT2D eigenvalue weighted by atomic mass is 10.2. The van der Waals surface area contributed by atoms with Crippen LogP contribution < -0.4 is 5.01 Å². The molecule has 1 aliphatic heterocycles. The number of benzene rings is 4. The molecule has 1 unspecified atom stereocenters. The average Bonchev–Trinajstić information content (AvgIpc) is 3.27. The van der Waals surface area contributed by atoms with Crippen LogP contribution in [0.3, 0.4) is 0 Å². The first-order chi connectivity index (χ1) is 14.9. The summed E-state index contributed by atoms with van der Waals surface area (Å²) in [6.07, 6.45) is -0.387. The van der Waals surface area contributed by atoms with E-state index in [2.05, 4.69) is 41.4 Å². The molecule has 4 aromatic carbocycles. The van der Waals surface area contributed by atoms with Crippen LogP contribution in [0, 0.1) is 0 Å². The third-order valence-corrected chi connectivity index (χ3v) is 4.94. The van der Waals surface area contributed by atoms with E-state index in [1.54, 1.807) is 0 Å². The Morgan fingerprint density at radius 2 is 1.07 bits per heavy atom. The molecule has 146 valence electrons. The van der Waals surface area contributed by atoms with Crippen LogP contribution >= 0.6 is 0 Å². The largest absolute Gasteiger partial charge is 0.444 e. The highest BCUT2D eigenvalue weighted by atomic mass is 16.5. The highest BCUT2D eigenvalue weighted by Gasteiger charge is 2.35. The number of ether oxygens (including phenoxy) is 1. The van der Waals surface area contributed by atoms with Crippen molar-refractivity contribution in [1.82, 2.24) is 5.12 Å². The van der Waals surface area contributed by atoms with E-state index in [0.717, 1.165) is 22.5 Å². The molecule has 1 heterocycles. The van der Waals surface area contributed by atoms with Crippen molar-refractivity contribution in [2.75, 3.05) is 5.01 Å². The minimum Gasteiger partial charge on any atom is -0.444 e. The Balaban J connectivity index is 1.64. The molecule has 0 saturated heterocycles. The van der Waals surface area contributed by atoms with E-state index in [9.17, 15) is 0 Å². The zero-order valence-electron chi connectivity index (χ0n) is 16.4. The van der Waals surface area contributed by atoms with Gasteiger partial charge in [0.1, 0.15) is 0 Å². The first-order valence-electron chi connectivity index (χ1n) is 9.95. The fourth-order valence-corrected chi connectivity index (χ4v) is 3.52. The Morgan fingerprint density at radius 1 is 0.600 bits per heavy atom. The van der Waals surface area contributed by atoms with E-state index in [1.165, 1.54) is 0 Å². The van der Waals surface area contributed by atoms with Gasteiger partial charge in [-0.05, 0) is 36.4 Å². The van der Waals surface area contributed by atoms with Gasteiger partial charge in [-0.2, -0.15) is 5.12 Å². The number of anilines is 2. The summed E-state index contributed by atoms with van der Waals surface area (Å²) < 4.78 is 6.40. The van der Waals surface area contributed by atoms with Crippen LogP contribution in [-0.2, 0) is 4.74 Å². The minimum absolute atomic E-state index is 0.387. The van der Waals surface area contributed by atoms with Crippen LogP contribution in [-0.4, -0.2) is 11.0 Å². The number of hydrogen-bond acceptors (Lipinski definition) is 4. The molecule has 30 heavy (non-hydrogen) atoms. The predicted molar refractivity (Wildman–Crippen MR) is 120 cm³/mol. The number of rotatable bonds is 5. The standard InChI is InChI=1S/C26H21N3O/c1-5-13-21(14-6-1)25-27-29(26(30-25)22-15-7-2-8-16-22)28(23-17-9-3-10-18-23)24-19-11-4-12-20-24/h1-20,26H. The zero-order chi connectivity index (χ0) is 20.2. The molecule has 4 aromatic rings. The lowest BCUT2D eigenvalue weighted by molar-refractivity contribution is 0.0562. The molecule has 0 spiro atoms. The van der Waals surface area contributed by atoms with Gasteiger partial charge in [0, 0.05) is 11.1 Å². The van der Waals surface area contributed by atoms with E-state index >= 15 is 0 Å². The predicted octanol–water partition coefficient (Wildman–Crippen LogP) is 6.13. The average molecular weight is 391 g/mol. The summed E-state index contributed by atoms with van der Waals surface area (Å²) in [5.74, 6) is 0.598. The van der Waals surface area contributed by atoms with E-state index in [4.69, 9.17) is 9.84 Å². The maximum atomic E-state index is 6.40. The maximum Gasteiger partial charge on any atom is 0.242 e. The third-order valence-electron chi connectivity index (χ3n) is 4.94. The second-order valence-corrected chi connectivity index (χ2v) is 6.96. The molecule has 0 radical (unpaired) electrons. The summed E-state index contributed by atoms with van der Waals surface area (Å²) in [6.45, 7) is 0. The first-order valence-corrected chi connectivity index (χ1v) is 9.95. The van der Waals surface area contributed by atoms with E-state index in [1.807, 2.05) is 90.0 Å². The first kappa shape index (κ1) is 18.0. The molecule has 5 rings (SSSR count). The zero-order valence-corrected chi connectivity index (χ0v) is 16.4. The van der Waals surface area contributed by atoms with Crippen molar-refractivity contribution in [3.05, 3.63) is 132 Å². The summed E-state index contributed by atoms with van der Waals surface area (Å²) in [7, 11) is 0. The van der Waals surface area contributed by atoms with Gasteiger partial charge in [0.25, 0.3) is 0 Å². The molecule has 0 bridgehead atoms. The lowest BCUT2D eigenvalue weighted by Crippen LogP contribution is -2.36. The van der Waals surface area contributed by atoms with Crippen molar-refractivity contribution in [2.24, 2.45) is 5.10 Å². The number of hydrogen-bond donors (Lipinski definition) is 0. The summed E-state index contributed by atoms with van der Waals surface area (Å²) in [6, 6.07) is 40.6. The number of nitrogens with zero attached hydrogens (tertiary/aromatic N) is 3. The molecule has 0 amide bonds. The van der Waals surface area contributed by atoms with Crippen LogP contribution in [0.4, 0.5) is 11.4 Å². The monoisotopic (exact) mass is 391 g/mol. The van der Waals surface area contributed by atoms with Gasteiger partial charge in [0.2, 0.25) is 12.1 Å². The molecule has 4 nitrogen and oxygen atoms in total. The molecule has 1 atom stereocenters. The molecule has 0 fully saturated rings. The SMILES string of the molecule is c1ccc(C2=NN(N(c3ccccc3)c3ccccc3)C(c3ccccc3)O2)cc1.